The van der Waals surface area contributed by atoms with Crippen LogP contribution in [0.15, 0.2) is 48.5 Å². The number of carbonyl (C=O) groups excluding carboxylic acids is 3. The van der Waals surface area contributed by atoms with Crippen molar-refractivity contribution < 1.29 is 48.0 Å². The second-order valence-corrected chi connectivity index (χ2v) is 9.81. The van der Waals surface area contributed by atoms with Gasteiger partial charge in [-0.05, 0) is 63.4 Å². The molecule has 0 fully saturated rings. The van der Waals surface area contributed by atoms with Gasteiger partial charge in [-0.1, -0.05) is 45.0 Å². The first-order valence-corrected chi connectivity index (χ1v) is 13.5. The molecule has 11 nitrogen and oxygen atoms in total. The Morgan fingerprint density at radius 3 is 1.83 bits per heavy atom. The van der Waals surface area contributed by atoms with E-state index >= 15 is 0 Å². The highest BCUT2D eigenvalue weighted by Gasteiger charge is 2.36. The van der Waals surface area contributed by atoms with Crippen LogP contribution in [-0.2, 0) is 19.0 Å². The fraction of sp³-hybridized carbons (Fsp3) is 0.467. The second-order valence-electron chi connectivity index (χ2n) is 9.81. The third-order valence-corrected chi connectivity index (χ3v) is 6.77. The number of hydrogen-bond acceptors (Lipinski definition) is 10. The van der Waals surface area contributed by atoms with Crippen LogP contribution in [-0.4, -0.2) is 53.7 Å². The summed E-state index contributed by atoms with van der Waals surface area (Å²) in [6, 6.07) is 11.1. The maximum atomic E-state index is 12.7. The molecular formula is C30H39NO10. The van der Waals surface area contributed by atoms with Crippen LogP contribution in [0.4, 0.5) is 9.59 Å². The van der Waals surface area contributed by atoms with Crippen LogP contribution in [0.5, 0.6) is 11.5 Å². The van der Waals surface area contributed by atoms with Crippen molar-refractivity contribution in [1.29, 1.82) is 0 Å². The summed E-state index contributed by atoms with van der Waals surface area (Å²) in [5.74, 6) is -3.76. The van der Waals surface area contributed by atoms with E-state index < -0.39 is 60.4 Å². The molecule has 5 unspecified atom stereocenters. The summed E-state index contributed by atoms with van der Waals surface area (Å²) in [6.45, 7) is 10.4. The highest BCUT2D eigenvalue weighted by molar-refractivity contribution is 5.89. The predicted octanol–water partition coefficient (Wildman–Crippen LogP) is 5.69. The minimum atomic E-state index is -1.43. The van der Waals surface area contributed by atoms with Gasteiger partial charge in [0, 0.05) is 11.8 Å². The molecule has 0 amide bonds. The van der Waals surface area contributed by atoms with Crippen molar-refractivity contribution in [3.8, 4) is 11.5 Å². The van der Waals surface area contributed by atoms with Crippen LogP contribution in [0.1, 0.15) is 76.2 Å². The Morgan fingerprint density at radius 1 is 0.780 bits per heavy atom. The summed E-state index contributed by atoms with van der Waals surface area (Å²) >= 11 is 0. The largest absolute Gasteiger partial charge is 0.514 e. The van der Waals surface area contributed by atoms with Crippen molar-refractivity contribution in [2.75, 3.05) is 0 Å². The number of ether oxygens (including phenoxy) is 5. The number of benzene rings is 2. The van der Waals surface area contributed by atoms with E-state index in [-0.39, 0.29) is 11.5 Å². The molecule has 0 saturated heterocycles. The summed E-state index contributed by atoms with van der Waals surface area (Å²) in [7, 11) is 0. The summed E-state index contributed by atoms with van der Waals surface area (Å²) in [6.07, 6.45) is -2.60. The van der Waals surface area contributed by atoms with Gasteiger partial charge in [-0.2, -0.15) is 0 Å². The van der Waals surface area contributed by atoms with Gasteiger partial charge in [0.05, 0.1) is 5.56 Å². The van der Waals surface area contributed by atoms with E-state index in [1.165, 1.54) is 18.2 Å². The third kappa shape index (κ3) is 9.78. The Morgan fingerprint density at radius 2 is 1.32 bits per heavy atom. The highest BCUT2D eigenvalue weighted by atomic mass is 16.7. The molecule has 2 aromatic rings. The predicted molar refractivity (Wildman–Crippen MR) is 149 cm³/mol. The molecule has 0 saturated carbocycles. The van der Waals surface area contributed by atoms with Gasteiger partial charge in [-0.15, -0.1) is 0 Å². The molecule has 224 valence electrons. The average molecular weight is 574 g/mol. The lowest BCUT2D eigenvalue weighted by atomic mass is 9.79. The van der Waals surface area contributed by atoms with Crippen LogP contribution < -0.4 is 15.2 Å². The third-order valence-electron chi connectivity index (χ3n) is 6.77. The molecule has 41 heavy (non-hydrogen) atoms. The summed E-state index contributed by atoms with van der Waals surface area (Å²) in [4.78, 5) is 49.5. The SMILES string of the molecule is CCC(C)OC(=O)Oc1ccc(C(C(C)C(C)OC(=O)c2ccccc2)[C@H](N)C(=O)O)cc1OC(=O)OC(C)CC. The smallest absolute Gasteiger partial charge is 0.480 e. The van der Waals surface area contributed by atoms with E-state index in [0.717, 1.165) is 0 Å². The fourth-order valence-corrected chi connectivity index (χ4v) is 3.82. The molecule has 3 N–H and O–H groups in total. The van der Waals surface area contributed by atoms with Crippen molar-refractivity contribution in [3.63, 3.8) is 0 Å². The zero-order valence-electron chi connectivity index (χ0n) is 24.2. The van der Waals surface area contributed by atoms with Gasteiger partial charge < -0.3 is 34.5 Å². The Hall–Kier alpha value is -4.12. The van der Waals surface area contributed by atoms with Gasteiger partial charge >= 0.3 is 24.2 Å². The first-order chi connectivity index (χ1) is 19.4. The molecular weight excluding hydrogens is 534 g/mol. The molecule has 0 aliphatic carbocycles. The van der Waals surface area contributed by atoms with Gasteiger partial charge in [0.2, 0.25) is 0 Å². The van der Waals surface area contributed by atoms with E-state index in [9.17, 15) is 24.3 Å². The maximum Gasteiger partial charge on any atom is 0.514 e. The number of carbonyl (C=O) groups is 4. The molecule has 2 aromatic carbocycles. The number of carboxylic acids is 1. The molecule has 0 spiro atoms. The molecule has 0 heterocycles. The number of hydrogen-bond donors (Lipinski definition) is 2. The van der Waals surface area contributed by atoms with E-state index in [1.807, 2.05) is 13.8 Å². The van der Waals surface area contributed by atoms with E-state index in [1.54, 1.807) is 58.0 Å². The van der Waals surface area contributed by atoms with Crippen LogP contribution >= 0.6 is 0 Å². The number of carboxylic acid groups (broad SMARTS) is 1. The van der Waals surface area contributed by atoms with E-state index in [2.05, 4.69) is 0 Å². The highest BCUT2D eigenvalue weighted by Crippen LogP contribution is 2.37. The van der Waals surface area contributed by atoms with Gasteiger partial charge in [-0.25, -0.2) is 14.4 Å². The first-order valence-electron chi connectivity index (χ1n) is 13.5. The quantitative estimate of drug-likeness (QED) is 0.172. The Bertz CT molecular complexity index is 1190. The summed E-state index contributed by atoms with van der Waals surface area (Å²) in [5, 5.41) is 9.80. The Kier molecular flexibility index (Phi) is 12.6. The van der Waals surface area contributed by atoms with E-state index in [4.69, 9.17) is 29.4 Å². The lowest BCUT2D eigenvalue weighted by Crippen LogP contribution is -2.42. The molecule has 0 bridgehead atoms. The zero-order chi connectivity index (χ0) is 30.7. The minimum Gasteiger partial charge on any atom is -0.480 e. The maximum absolute atomic E-state index is 12.7. The summed E-state index contributed by atoms with van der Waals surface area (Å²) in [5.41, 5.74) is 6.80. The monoisotopic (exact) mass is 573 g/mol. The van der Waals surface area contributed by atoms with Gasteiger partial charge in [0.25, 0.3) is 0 Å². The number of esters is 1. The van der Waals surface area contributed by atoms with E-state index in [0.29, 0.717) is 24.0 Å². The van der Waals surface area contributed by atoms with Crippen molar-refractivity contribution in [2.45, 2.75) is 84.7 Å². The molecule has 0 aromatic heterocycles. The molecule has 0 aliphatic rings. The molecule has 6 atom stereocenters. The number of aliphatic carboxylic acids is 1. The first kappa shape index (κ1) is 33.1. The topological polar surface area (TPSA) is 161 Å². The van der Waals surface area contributed by atoms with Crippen molar-refractivity contribution in [3.05, 3.63) is 59.7 Å². The Labute approximate surface area is 239 Å². The number of nitrogens with two attached hydrogens (primary N) is 1. The molecule has 0 radical (unpaired) electrons. The minimum absolute atomic E-state index is 0.151. The summed E-state index contributed by atoms with van der Waals surface area (Å²) < 4.78 is 26.6. The van der Waals surface area contributed by atoms with Crippen molar-refractivity contribution >= 4 is 24.2 Å². The van der Waals surface area contributed by atoms with Gasteiger partial charge in [0.1, 0.15) is 24.4 Å². The second kappa shape index (κ2) is 15.6. The number of rotatable bonds is 13. The molecule has 2 rings (SSSR count). The lowest BCUT2D eigenvalue weighted by Gasteiger charge is -2.32. The molecule has 11 heteroatoms. The van der Waals surface area contributed by atoms with Crippen LogP contribution in [0.2, 0.25) is 0 Å². The fourth-order valence-electron chi connectivity index (χ4n) is 3.82. The van der Waals surface area contributed by atoms with Gasteiger partial charge in [0.15, 0.2) is 11.5 Å². The van der Waals surface area contributed by atoms with Crippen LogP contribution in [0, 0.1) is 5.92 Å². The van der Waals surface area contributed by atoms with Crippen LogP contribution in [0.3, 0.4) is 0 Å². The van der Waals surface area contributed by atoms with Crippen molar-refractivity contribution in [1.82, 2.24) is 0 Å². The lowest BCUT2D eigenvalue weighted by molar-refractivity contribution is -0.139. The standard InChI is InChI=1S/C30H39NO10/c1-7-17(3)37-29(35)40-23-15-14-22(16-24(23)41-30(36)38-18(4)8-2)25(26(31)27(32)33)19(5)20(6)39-28(34)21-12-10-9-11-13-21/h9-20,25-26H,7-8,31H2,1-6H3,(H,32,33)/t17?,18?,19?,20?,25?,26-/m0/s1. The van der Waals surface area contributed by atoms with Crippen LogP contribution in [0.25, 0.3) is 0 Å². The average Bonchev–Trinajstić information content (AvgIpc) is 2.94. The molecule has 0 aliphatic heterocycles. The zero-order valence-corrected chi connectivity index (χ0v) is 24.2. The Balaban J connectivity index is 2.44. The van der Waals surface area contributed by atoms with Crippen molar-refractivity contribution in [2.24, 2.45) is 11.7 Å². The van der Waals surface area contributed by atoms with Gasteiger partial charge in [-0.3, -0.25) is 4.79 Å². The normalized spacial score (nSPS) is 15.3.